The lowest BCUT2D eigenvalue weighted by Crippen LogP contribution is -2.41. The summed E-state index contributed by atoms with van der Waals surface area (Å²) in [5.74, 6) is 0.326. The van der Waals surface area contributed by atoms with Crippen molar-refractivity contribution < 1.29 is 19.0 Å². The van der Waals surface area contributed by atoms with Gasteiger partial charge in [0, 0.05) is 6.07 Å². The Morgan fingerprint density at radius 1 is 1.17 bits per heavy atom. The lowest BCUT2D eigenvalue weighted by Gasteiger charge is -2.32. The summed E-state index contributed by atoms with van der Waals surface area (Å²) in [6.45, 7) is 7.83. The predicted molar refractivity (Wildman–Crippen MR) is 91.7 cm³/mol. The number of rotatable bonds is 4. The predicted octanol–water partition coefficient (Wildman–Crippen LogP) is 3.22. The van der Waals surface area contributed by atoms with Gasteiger partial charge in [-0.15, -0.1) is 0 Å². The van der Waals surface area contributed by atoms with Crippen LogP contribution in [0.25, 0.3) is 0 Å². The van der Waals surface area contributed by atoms with Crippen molar-refractivity contribution in [2.45, 2.75) is 70.7 Å². The second-order valence-corrected chi connectivity index (χ2v) is 7.60. The van der Waals surface area contributed by atoms with E-state index in [4.69, 9.17) is 14.0 Å². The topological polar surface area (TPSA) is 70.8 Å². The van der Waals surface area contributed by atoms with E-state index in [1.807, 2.05) is 27.7 Å². The Hall–Kier alpha value is -1.60. The highest BCUT2D eigenvalue weighted by molar-refractivity contribution is 6.62. The summed E-state index contributed by atoms with van der Waals surface area (Å²) in [4.78, 5) is 11.1. The maximum absolute atomic E-state index is 11.5. The minimum Gasteiger partial charge on any atom is -0.484 e. The Balaban J connectivity index is 1.85. The van der Waals surface area contributed by atoms with E-state index >= 15 is 0 Å². The molecule has 0 amide bonds. The van der Waals surface area contributed by atoms with Crippen molar-refractivity contribution >= 4 is 18.3 Å². The van der Waals surface area contributed by atoms with Gasteiger partial charge in [0.2, 0.25) is 0 Å². The molecule has 0 atom stereocenters. The van der Waals surface area contributed by atoms with Crippen molar-refractivity contribution in [3.63, 3.8) is 0 Å². The zero-order valence-electron chi connectivity index (χ0n) is 14.7. The van der Waals surface area contributed by atoms with Gasteiger partial charge in [0.05, 0.1) is 22.2 Å². The molecule has 0 aromatic heterocycles. The smallest absolute Gasteiger partial charge is 0.484 e. The number of nitro benzene ring substituents is 1. The monoisotopic (exact) mass is 333 g/mol. The van der Waals surface area contributed by atoms with Gasteiger partial charge < -0.3 is 14.0 Å². The second-order valence-electron chi connectivity index (χ2n) is 7.60. The van der Waals surface area contributed by atoms with E-state index in [-0.39, 0.29) is 11.8 Å². The Kier molecular flexibility index (Phi) is 4.34. The fourth-order valence-electron chi connectivity index (χ4n) is 3.09. The molecule has 1 aromatic rings. The van der Waals surface area contributed by atoms with Gasteiger partial charge in [-0.1, -0.05) is 6.07 Å². The van der Waals surface area contributed by atoms with Gasteiger partial charge >= 0.3 is 12.8 Å². The van der Waals surface area contributed by atoms with Gasteiger partial charge in [0.1, 0.15) is 0 Å². The van der Waals surface area contributed by atoms with Gasteiger partial charge in [-0.05, 0) is 64.9 Å². The van der Waals surface area contributed by atoms with E-state index in [0.29, 0.717) is 11.2 Å². The van der Waals surface area contributed by atoms with E-state index < -0.39 is 23.2 Å². The van der Waals surface area contributed by atoms with Crippen LogP contribution in [0.15, 0.2) is 18.2 Å². The number of ether oxygens (including phenoxy) is 1. The molecule has 0 unspecified atom stereocenters. The quantitative estimate of drug-likeness (QED) is 0.481. The highest BCUT2D eigenvalue weighted by Gasteiger charge is 2.52. The lowest BCUT2D eigenvalue weighted by molar-refractivity contribution is -0.386. The van der Waals surface area contributed by atoms with Gasteiger partial charge in [0.15, 0.2) is 5.75 Å². The first-order valence-corrected chi connectivity index (χ1v) is 8.50. The SMILES string of the molecule is CC1(C)OB(c2ccc(OC3CCCC3)c([N+](=O)[O-])c2)OC1(C)C. The molecule has 1 aromatic carbocycles. The highest BCUT2D eigenvalue weighted by Crippen LogP contribution is 2.37. The Labute approximate surface area is 142 Å². The molecule has 0 spiro atoms. The van der Waals surface area contributed by atoms with Crippen LogP contribution in [-0.2, 0) is 9.31 Å². The van der Waals surface area contributed by atoms with Gasteiger partial charge in [0.25, 0.3) is 0 Å². The molecule has 1 saturated heterocycles. The molecular formula is C17H24BNO5. The van der Waals surface area contributed by atoms with Gasteiger partial charge in [-0.2, -0.15) is 0 Å². The van der Waals surface area contributed by atoms with Crippen molar-refractivity contribution in [1.82, 2.24) is 0 Å². The molecule has 0 bridgehead atoms. The molecule has 0 radical (unpaired) electrons. The minimum absolute atomic E-state index is 0.0332. The summed E-state index contributed by atoms with van der Waals surface area (Å²) in [5.41, 5.74) is -0.357. The Morgan fingerprint density at radius 3 is 2.29 bits per heavy atom. The zero-order valence-corrected chi connectivity index (χ0v) is 14.7. The molecular weight excluding hydrogens is 309 g/mol. The number of hydrogen-bond acceptors (Lipinski definition) is 5. The molecule has 1 aliphatic carbocycles. The lowest BCUT2D eigenvalue weighted by atomic mass is 9.79. The van der Waals surface area contributed by atoms with E-state index in [0.717, 1.165) is 25.7 Å². The van der Waals surface area contributed by atoms with Crippen LogP contribution < -0.4 is 10.2 Å². The molecule has 1 heterocycles. The Morgan fingerprint density at radius 2 is 1.75 bits per heavy atom. The maximum Gasteiger partial charge on any atom is 0.495 e. The van der Waals surface area contributed by atoms with Crippen LogP contribution in [0.3, 0.4) is 0 Å². The van der Waals surface area contributed by atoms with Crippen LogP contribution in [0, 0.1) is 10.1 Å². The highest BCUT2D eigenvalue weighted by atomic mass is 16.7. The van der Waals surface area contributed by atoms with Crippen molar-refractivity contribution in [3.05, 3.63) is 28.3 Å². The second kappa shape index (κ2) is 6.04. The summed E-state index contributed by atoms with van der Waals surface area (Å²) in [5, 5.41) is 11.5. The number of hydrogen-bond donors (Lipinski definition) is 0. The van der Waals surface area contributed by atoms with E-state index in [9.17, 15) is 10.1 Å². The van der Waals surface area contributed by atoms with Crippen LogP contribution in [0.4, 0.5) is 5.69 Å². The molecule has 2 fully saturated rings. The normalized spacial score (nSPS) is 22.8. The third-order valence-corrected chi connectivity index (χ3v) is 5.30. The molecule has 1 saturated carbocycles. The standard InChI is InChI=1S/C17H24BNO5/c1-16(2)17(3,4)24-18(23-16)12-9-10-15(14(11-12)19(20)21)22-13-7-5-6-8-13/h9-11,13H,5-8H2,1-4H3. The molecule has 130 valence electrons. The van der Waals surface area contributed by atoms with Gasteiger partial charge in [-0.3, -0.25) is 10.1 Å². The van der Waals surface area contributed by atoms with Crippen LogP contribution in [-0.4, -0.2) is 29.3 Å². The zero-order chi connectivity index (χ0) is 17.5. The van der Waals surface area contributed by atoms with E-state index in [1.165, 1.54) is 6.07 Å². The third-order valence-electron chi connectivity index (χ3n) is 5.30. The summed E-state index contributed by atoms with van der Waals surface area (Å²) in [6, 6.07) is 4.96. The minimum atomic E-state index is -0.616. The third kappa shape index (κ3) is 3.15. The molecule has 1 aliphatic heterocycles. The molecule has 3 rings (SSSR count). The van der Waals surface area contributed by atoms with Crippen molar-refractivity contribution in [2.24, 2.45) is 0 Å². The van der Waals surface area contributed by atoms with Crippen LogP contribution in [0.2, 0.25) is 0 Å². The molecule has 2 aliphatic rings. The van der Waals surface area contributed by atoms with E-state index in [1.54, 1.807) is 12.1 Å². The van der Waals surface area contributed by atoms with Crippen LogP contribution >= 0.6 is 0 Å². The number of nitro groups is 1. The largest absolute Gasteiger partial charge is 0.495 e. The summed E-state index contributed by atoms with van der Waals surface area (Å²) in [7, 11) is -0.616. The van der Waals surface area contributed by atoms with Crippen LogP contribution in [0.5, 0.6) is 5.75 Å². The first-order chi connectivity index (χ1) is 11.2. The Bertz CT molecular complexity index is 624. The van der Waals surface area contributed by atoms with E-state index in [2.05, 4.69) is 0 Å². The maximum atomic E-state index is 11.5. The van der Waals surface area contributed by atoms with Crippen molar-refractivity contribution in [2.75, 3.05) is 0 Å². The number of nitrogens with zero attached hydrogens (tertiary/aromatic N) is 1. The summed E-state index contributed by atoms with van der Waals surface area (Å²) >= 11 is 0. The van der Waals surface area contributed by atoms with Crippen molar-refractivity contribution in [1.29, 1.82) is 0 Å². The first-order valence-electron chi connectivity index (χ1n) is 8.50. The number of benzene rings is 1. The molecule has 6 nitrogen and oxygen atoms in total. The average Bonchev–Trinajstić information content (AvgIpc) is 3.05. The van der Waals surface area contributed by atoms with Gasteiger partial charge in [-0.25, -0.2) is 0 Å². The molecule has 0 N–H and O–H groups in total. The fourth-order valence-corrected chi connectivity index (χ4v) is 3.09. The average molecular weight is 333 g/mol. The van der Waals surface area contributed by atoms with Crippen molar-refractivity contribution in [3.8, 4) is 5.75 Å². The fraction of sp³-hybridized carbons (Fsp3) is 0.647. The summed E-state index contributed by atoms with van der Waals surface area (Å²) < 4.78 is 17.8. The summed E-state index contributed by atoms with van der Waals surface area (Å²) in [6.07, 6.45) is 4.22. The first kappa shape index (κ1) is 17.2. The molecule has 24 heavy (non-hydrogen) atoms. The van der Waals surface area contributed by atoms with Crippen LogP contribution in [0.1, 0.15) is 53.4 Å². The molecule has 7 heteroatoms.